The second-order valence-electron chi connectivity index (χ2n) is 4.03. The van der Waals surface area contributed by atoms with Gasteiger partial charge in [0.25, 0.3) is 0 Å². The van der Waals surface area contributed by atoms with Crippen molar-refractivity contribution in [3.63, 3.8) is 0 Å². The fraction of sp³-hybridized carbons (Fsp3) is 0.154. The third-order valence-electron chi connectivity index (χ3n) is 2.90. The fourth-order valence-corrected chi connectivity index (χ4v) is 2.26. The summed E-state index contributed by atoms with van der Waals surface area (Å²) >= 11 is 5.34. The molecule has 2 heterocycles. The van der Waals surface area contributed by atoms with Crippen LogP contribution in [0.25, 0.3) is 11.0 Å². The highest BCUT2D eigenvalue weighted by Gasteiger charge is 2.06. The molecule has 18 heavy (non-hydrogen) atoms. The molecule has 2 aromatic heterocycles. The van der Waals surface area contributed by atoms with E-state index in [-0.39, 0.29) is 0 Å². The van der Waals surface area contributed by atoms with Crippen LogP contribution in [0.2, 0.25) is 0 Å². The first kappa shape index (κ1) is 11.1. The van der Waals surface area contributed by atoms with Gasteiger partial charge in [0.15, 0.2) is 4.77 Å². The number of furan rings is 1. The maximum Gasteiger partial charge on any atom is 0.178 e. The molecule has 0 atom stereocenters. The Morgan fingerprint density at radius 1 is 1.39 bits per heavy atom. The summed E-state index contributed by atoms with van der Waals surface area (Å²) in [6, 6.07) is 7.80. The third kappa shape index (κ3) is 1.82. The van der Waals surface area contributed by atoms with Crippen LogP contribution in [0.3, 0.4) is 0 Å². The molecule has 4 nitrogen and oxygen atoms in total. The molecule has 0 bridgehead atoms. The number of aromatic nitrogens is 2. The number of fused-ring (bicyclic) bond motifs is 1. The molecule has 5 heteroatoms. The zero-order valence-corrected chi connectivity index (χ0v) is 10.7. The predicted molar refractivity (Wildman–Crippen MR) is 71.5 cm³/mol. The molecule has 0 fully saturated rings. The van der Waals surface area contributed by atoms with E-state index in [1.54, 1.807) is 19.6 Å². The second kappa shape index (κ2) is 4.34. The Morgan fingerprint density at radius 2 is 2.28 bits per heavy atom. The highest BCUT2D eigenvalue weighted by molar-refractivity contribution is 7.71. The Morgan fingerprint density at radius 3 is 3.00 bits per heavy atom. The summed E-state index contributed by atoms with van der Waals surface area (Å²) in [4.78, 5) is 3.18. The molecule has 0 amide bonds. The van der Waals surface area contributed by atoms with Crippen molar-refractivity contribution in [3.8, 4) is 5.75 Å². The Bertz CT molecular complexity index is 725. The van der Waals surface area contributed by atoms with Crippen molar-refractivity contribution in [2.45, 2.75) is 6.54 Å². The summed E-state index contributed by atoms with van der Waals surface area (Å²) in [6.45, 7) is 0.696. The maximum atomic E-state index is 5.34. The van der Waals surface area contributed by atoms with Crippen molar-refractivity contribution >= 4 is 23.3 Å². The molecule has 3 rings (SSSR count). The van der Waals surface area contributed by atoms with E-state index in [0.29, 0.717) is 11.3 Å². The van der Waals surface area contributed by atoms with Crippen LogP contribution in [0.1, 0.15) is 5.56 Å². The Labute approximate surface area is 109 Å². The van der Waals surface area contributed by atoms with Gasteiger partial charge in [-0.15, -0.1) is 0 Å². The Kier molecular flexibility index (Phi) is 2.68. The SMILES string of the molecule is COc1ccc2c(c1)[nH]c(=S)n2Cc1ccoc1. The summed E-state index contributed by atoms with van der Waals surface area (Å²) in [5.74, 6) is 0.814. The lowest BCUT2D eigenvalue weighted by molar-refractivity contribution is 0.415. The van der Waals surface area contributed by atoms with Gasteiger partial charge < -0.3 is 18.7 Å². The summed E-state index contributed by atoms with van der Waals surface area (Å²) in [7, 11) is 1.65. The number of hydrogen-bond acceptors (Lipinski definition) is 3. The molecule has 0 aliphatic rings. The van der Waals surface area contributed by atoms with E-state index in [9.17, 15) is 0 Å². The molecule has 0 aliphatic heterocycles. The molecular weight excluding hydrogens is 248 g/mol. The third-order valence-corrected chi connectivity index (χ3v) is 3.22. The van der Waals surface area contributed by atoms with Crippen molar-refractivity contribution in [3.05, 3.63) is 47.1 Å². The van der Waals surface area contributed by atoms with Gasteiger partial charge in [-0.25, -0.2) is 0 Å². The molecule has 0 saturated carbocycles. The topological polar surface area (TPSA) is 43.1 Å². The number of hydrogen-bond donors (Lipinski definition) is 1. The fourth-order valence-electron chi connectivity index (χ4n) is 1.99. The quantitative estimate of drug-likeness (QED) is 0.734. The van der Waals surface area contributed by atoms with Gasteiger partial charge in [0.1, 0.15) is 5.75 Å². The van der Waals surface area contributed by atoms with E-state index < -0.39 is 0 Å². The lowest BCUT2D eigenvalue weighted by Crippen LogP contribution is -1.98. The van der Waals surface area contributed by atoms with Gasteiger partial charge in [0, 0.05) is 11.6 Å². The van der Waals surface area contributed by atoms with E-state index in [1.807, 2.05) is 28.8 Å². The first-order valence-electron chi connectivity index (χ1n) is 5.55. The number of H-pyrrole nitrogens is 1. The van der Waals surface area contributed by atoms with E-state index in [0.717, 1.165) is 22.3 Å². The van der Waals surface area contributed by atoms with Gasteiger partial charge in [0.2, 0.25) is 0 Å². The minimum Gasteiger partial charge on any atom is -0.497 e. The minimum absolute atomic E-state index is 0.694. The van der Waals surface area contributed by atoms with Crippen molar-refractivity contribution < 1.29 is 9.15 Å². The number of nitrogens with zero attached hydrogens (tertiary/aromatic N) is 1. The lowest BCUT2D eigenvalue weighted by atomic mass is 10.3. The van der Waals surface area contributed by atoms with Crippen LogP contribution >= 0.6 is 12.2 Å². The molecular formula is C13H12N2O2S. The van der Waals surface area contributed by atoms with Gasteiger partial charge in [-0.2, -0.15) is 0 Å². The Balaban J connectivity index is 2.11. The monoisotopic (exact) mass is 260 g/mol. The van der Waals surface area contributed by atoms with Gasteiger partial charge in [-0.05, 0) is 30.4 Å². The second-order valence-corrected chi connectivity index (χ2v) is 4.42. The van der Waals surface area contributed by atoms with Gasteiger partial charge in [-0.3, -0.25) is 0 Å². The van der Waals surface area contributed by atoms with E-state index in [1.165, 1.54) is 0 Å². The van der Waals surface area contributed by atoms with Crippen molar-refractivity contribution in [2.24, 2.45) is 0 Å². The summed E-state index contributed by atoms with van der Waals surface area (Å²) < 4.78 is 13.0. The molecule has 1 aromatic carbocycles. The smallest absolute Gasteiger partial charge is 0.178 e. The molecule has 0 saturated heterocycles. The van der Waals surface area contributed by atoms with Crippen LogP contribution < -0.4 is 4.74 Å². The van der Waals surface area contributed by atoms with Crippen molar-refractivity contribution in [2.75, 3.05) is 7.11 Å². The molecule has 0 aliphatic carbocycles. The highest BCUT2D eigenvalue weighted by atomic mass is 32.1. The van der Waals surface area contributed by atoms with Crippen LogP contribution in [0.4, 0.5) is 0 Å². The highest BCUT2D eigenvalue weighted by Crippen LogP contribution is 2.21. The number of rotatable bonds is 3. The lowest BCUT2D eigenvalue weighted by Gasteiger charge is -2.03. The normalized spacial score (nSPS) is 10.9. The molecule has 0 spiro atoms. The van der Waals surface area contributed by atoms with Crippen LogP contribution in [-0.4, -0.2) is 16.7 Å². The van der Waals surface area contributed by atoms with Crippen molar-refractivity contribution in [1.82, 2.24) is 9.55 Å². The van der Waals surface area contributed by atoms with Gasteiger partial charge >= 0.3 is 0 Å². The van der Waals surface area contributed by atoms with Crippen LogP contribution in [-0.2, 0) is 6.54 Å². The number of benzene rings is 1. The van der Waals surface area contributed by atoms with Crippen molar-refractivity contribution in [1.29, 1.82) is 0 Å². The van der Waals surface area contributed by atoms with E-state index >= 15 is 0 Å². The summed E-state index contributed by atoms with van der Waals surface area (Å²) in [6.07, 6.45) is 3.39. The first-order chi connectivity index (χ1) is 8.78. The first-order valence-corrected chi connectivity index (χ1v) is 5.96. The predicted octanol–water partition coefficient (Wildman–Crippen LogP) is 3.35. The molecule has 3 aromatic rings. The van der Waals surface area contributed by atoms with E-state index in [2.05, 4.69) is 4.98 Å². The minimum atomic E-state index is 0.694. The van der Waals surface area contributed by atoms with E-state index in [4.69, 9.17) is 21.4 Å². The number of ether oxygens (including phenoxy) is 1. The largest absolute Gasteiger partial charge is 0.497 e. The summed E-state index contributed by atoms with van der Waals surface area (Å²) in [5.41, 5.74) is 3.12. The maximum absolute atomic E-state index is 5.34. The zero-order valence-electron chi connectivity index (χ0n) is 9.84. The average molecular weight is 260 g/mol. The number of imidazole rings is 1. The van der Waals surface area contributed by atoms with Crippen LogP contribution in [0, 0.1) is 4.77 Å². The average Bonchev–Trinajstić information content (AvgIpc) is 2.98. The molecule has 0 radical (unpaired) electrons. The Hall–Kier alpha value is -2.01. The number of nitrogens with one attached hydrogen (secondary N) is 1. The standard InChI is InChI=1S/C13H12N2O2S/c1-16-10-2-3-12-11(6-10)14-13(18)15(12)7-9-4-5-17-8-9/h2-6,8H,7H2,1H3,(H,14,18). The molecule has 92 valence electrons. The zero-order chi connectivity index (χ0) is 12.5. The van der Waals surface area contributed by atoms with Crippen LogP contribution in [0.15, 0.2) is 41.2 Å². The summed E-state index contributed by atoms with van der Waals surface area (Å²) in [5, 5.41) is 0. The number of aromatic amines is 1. The van der Waals surface area contributed by atoms with Gasteiger partial charge in [0.05, 0.1) is 37.2 Å². The number of methoxy groups -OCH3 is 1. The molecule has 0 unspecified atom stereocenters. The van der Waals surface area contributed by atoms with Crippen LogP contribution in [0.5, 0.6) is 5.75 Å². The molecule has 1 N–H and O–H groups in total. The van der Waals surface area contributed by atoms with Gasteiger partial charge in [-0.1, -0.05) is 0 Å².